The van der Waals surface area contributed by atoms with E-state index in [9.17, 15) is 24.9 Å². The van der Waals surface area contributed by atoms with Crippen LogP contribution in [0, 0.1) is 0 Å². The molecule has 0 saturated heterocycles. The van der Waals surface area contributed by atoms with Crippen LogP contribution in [-0.2, 0) is 23.9 Å². The lowest BCUT2D eigenvalue weighted by Gasteiger charge is -2.17. The third-order valence-corrected chi connectivity index (χ3v) is 4.46. The molecule has 0 aliphatic carbocycles. The highest BCUT2D eigenvalue weighted by Gasteiger charge is 2.39. The van der Waals surface area contributed by atoms with E-state index in [1.807, 2.05) is 0 Å². The number of nitrogens with zero attached hydrogens (tertiary/aromatic N) is 1. The lowest BCUT2D eigenvalue weighted by Crippen LogP contribution is -2.33. The molecule has 1 heterocycles. The molecule has 0 saturated carbocycles. The second-order valence-electron chi connectivity index (χ2n) is 5.66. The summed E-state index contributed by atoms with van der Waals surface area (Å²) in [5, 5.41) is 33.1. The molecule has 2 unspecified atom stereocenters. The van der Waals surface area contributed by atoms with Crippen LogP contribution in [0.25, 0.3) is 0 Å². The van der Waals surface area contributed by atoms with Crippen molar-refractivity contribution in [3.8, 4) is 0 Å². The molecule has 152 valence electrons. The van der Waals surface area contributed by atoms with Crippen LogP contribution in [0.4, 0.5) is 0 Å². The van der Waals surface area contributed by atoms with Gasteiger partial charge in [-0.15, -0.1) is 0 Å². The van der Waals surface area contributed by atoms with Gasteiger partial charge in [0, 0.05) is 12.0 Å². The predicted molar refractivity (Wildman–Crippen MR) is 98.4 cm³/mol. The maximum atomic E-state index is 11.9. The fourth-order valence-electron chi connectivity index (χ4n) is 2.31. The van der Waals surface area contributed by atoms with E-state index in [-0.39, 0.29) is 12.8 Å². The van der Waals surface area contributed by atoms with Crippen LogP contribution < -0.4 is 0 Å². The number of cyclic esters (lactones) is 1. The predicted octanol–water partition coefficient (Wildman–Crippen LogP) is 2.28. The molecule has 28 heavy (non-hydrogen) atoms. The van der Waals surface area contributed by atoms with Gasteiger partial charge < -0.3 is 29.6 Å². The molecule has 2 rings (SSSR count). The fourth-order valence-corrected chi connectivity index (χ4v) is 2.61. The monoisotopic (exact) mass is 433 g/mol. The topological polar surface area (TPSA) is 135 Å². The molecule has 1 aromatic carbocycles. The Kier molecular flexibility index (Phi) is 7.50. The Balaban J connectivity index is 1.89. The second kappa shape index (κ2) is 9.63. The zero-order valence-electron chi connectivity index (χ0n) is 14.6. The third-order valence-electron chi connectivity index (χ3n) is 3.72. The number of rotatable bonds is 8. The second-order valence-corrected chi connectivity index (χ2v) is 6.47. The number of aliphatic hydroxyl groups excluding tert-OH is 3. The molecule has 3 N–H and O–H groups in total. The number of carbonyl (C=O) groups is 2. The zero-order valence-corrected chi connectivity index (χ0v) is 16.1. The Morgan fingerprint density at radius 2 is 2.00 bits per heavy atom. The largest absolute Gasteiger partial charge is 0.505 e. The van der Waals surface area contributed by atoms with Crippen molar-refractivity contribution in [1.82, 2.24) is 0 Å². The van der Waals surface area contributed by atoms with Crippen molar-refractivity contribution < 1.29 is 39.2 Å². The summed E-state index contributed by atoms with van der Waals surface area (Å²) in [6.45, 7) is -0.558. The molecule has 0 amide bonds. The molecule has 1 aliphatic rings. The van der Waals surface area contributed by atoms with Gasteiger partial charge in [0.2, 0.25) is 5.76 Å². The molecule has 0 radical (unpaired) electrons. The quantitative estimate of drug-likeness (QED) is 0.322. The summed E-state index contributed by atoms with van der Waals surface area (Å²) in [5.74, 6) is -3.66. The maximum Gasteiger partial charge on any atom is 0.377 e. The summed E-state index contributed by atoms with van der Waals surface area (Å²) in [5.41, 5.74) is 1.03. The highest BCUT2D eigenvalue weighted by Crippen LogP contribution is 2.24. The van der Waals surface area contributed by atoms with Crippen molar-refractivity contribution in [2.45, 2.75) is 25.0 Å². The number of carbonyl (C=O) groups excluding carboxylic acids is 2. The number of benzene rings is 1. The summed E-state index contributed by atoms with van der Waals surface area (Å²) in [4.78, 5) is 27.8. The normalized spacial score (nSPS) is 18.1. The molecule has 0 bridgehead atoms. The molecule has 9 nitrogen and oxygen atoms in total. The van der Waals surface area contributed by atoms with Crippen LogP contribution in [-0.4, -0.2) is 58.9 Å². The van der Waals surface area contributed by atoms with Crippen molar-refractivity contribution >= 4 is 40.9 Å². The Morgan fingerprint density at radius 1 is 1.29 bits per heavy atom. The van der Waals surface area contributed by atoms with E-state index in [4.69, 9.17) is 32.8 Å². The minimum atomic E-state index is -1.54. The van der Waals surface area contributed by atoms with Crippen molar-refractivity contribution in [2.24, 2.45) is 5.16 Å². The van der Waals surface area contributed by atoms with Crippen LogP contribution >= 0.6 is 23.2 Å². The van der Waals surface area contributed by atoms with Crippen LogP contribution in [0.2, 0.25) is 10.0 Å². The number of oxime groups is 1. The maximum absolute atomic E-state index is 11.9. The highest BCUT2D eigenvalue weighted by atomic mass is 35.5. The molecular weight excluding hydrogens is 417 g/mol. The van der Waals surface area contributed by atoms with Gasteiger partial charge in [-0.25, -0.2) is 4.79 Å². The smallest absolute Gasteiger partial charge is 0.377 e. The van der Waals surface area contributed by atoms with Gasteiger partial charge in [-0.05, 0) is 12.1 Å². The lowest BCUT2D eigenvalue weighted by molar-refractivity contribution is -0.154. The molecule has 1 aliphatic heterocycles. The van der Waals surface area contributed by atoms with Gasteiger partial charge in [-0.3, -0.25) is 4.79 Å². The number of esters is 2. The van der Waals surface area contributed by atoms with Gasteiger partial charge in [0.25, 0.3) is 0 Å². The first kappa shape index (κ1) is 21.8. The summed E-state index contributed by atoms with van der Waals surface area (Å²) < 4.78 is 9.48. The molecule has 0 spiro atoms. The van der Waals surface area contributed by atoms with Crippen molar-refractivity contribution in [2.75, 3.05) is 13.7 Å². The first-order valence-electron chi connectivity index (χ1n) is 7.96. The van der Waals surface area contributed by atoms with Crippen molar-refractivity contribution in [3.05, 3.63) is 45.3 Å². The SMILES string of the molecule is CON=C(CCC(=O)OCC(O)C1OC(=O)C(O)=C1O)c1ccc(Cl)c(Cl)c1. The lowest BCUT2D eigenvalue weighted by atomic mass is 10.1. The van der Waals surface area contributed by atoms with Gasteiger partial charge in [0.05, 0.1) is 22.2 Å². The highest BCUT2D eigenvalue weighted by molar-refractivity contribution is 6.42. The molecule has 1 aromatic rings. The number of ether oxygens (including phenoxy) is 2. The summed E-state index contributed by atoms with van der Waals surface area (Å²) in [6, 6.07) is 4.82. The molecule has 2 atom stereocenters. The molecular formula is C17H17Cl2NO8. The van der Waals surface area contributed by atoms with E-state index in [1.165, 1.54) is 7.11 Å². The Labute approximate surface area is 169 Å². The first-order valence-corrected chi connectivity index (χ1v) is 8.72. The summed E-state index contributed by atoms with van der Waals surface area (Å²) in [6.07, 6.45) is -3.00. The Hall–Kier alpha value is -2.49. The zero-order chi connectivity index (χ0) is 20.8. The Morgan fingerprint density at radius 3 is 2.57 bits per heavy atom. The van der Waals surface area contributed by atoms with E-state index in [0.29, 0.717) is 21.3 Å². The Bertz CT molecular complexity index is 823. The average molecular weight is 434 g/mol. The van der Waals surface area contributed by atoms with E-state index < -0.39 is 42.3 Å². The van der Waals surface area contributed by atoms with E-state index in [1.54, 1.807) is 18.2 Å². The minimum absolute atomic E-state index is 0.104. The van der Waals surface area contributed by atoms with Crippen LogP contribution in [0.15, 0.2) is 34.9 Å². The van der Waals surface area contributed by atoms with Gasteiger partial charge in [0.15, 0.2) is 11.9 Å². The standard InChI is InChI=1S/C17H17Cl2NO8/c1-26-20-11(8-2-3-9(18)10(19)6-8)4-5-13(22)27-7-12(21)16-14(23)15(24)17(25)28-16/h2-3,6,12,16,21,23-24H,4-5,7H2,1H3. The number of aliphatic hydroxyl groups is 3. The molecule has 0 aromatic heterocycles. The van der Waals surface area contributed by atoms with E-state index in [0.717, 1.165) is 0 Å². The number of hydrogen-bond acceptors (Lipinski definition) is 9. The van der Waals surface area contributed by atoms with Crippen molar-refractivity contribution in [1.29, 1.82) is 0 Å². The van der Waals surface area contributed by atoms with Crippen molar-refractivity contribution in [3.63, 3.8) is 0 Å². The first-order chi connectivity index (χ1) is 13.2. The van der Waals surface area contributed by atoms with E-state index in [2.05, 4.69) is 9.89 Å². The summed E-state index contributed by atoms with van der Waals surface area (Å²) in [7, 11) is 1.35. The van der Waals surface area contributed by atoms with Gasteiger partial charge >= 0.3 is 11.9 Å². The van der Waals surface area contributed by atoms with Crippen LogP contribution in [0.1, 0.15) is 18.4 Å². The third kappa shape index (κ3) is 5.28. The average Bonchev–Trinajstić information content (AvgIpc) is 2.92. The minimum Gasteiger partial charge on any atom is -0.505 e. The van der Waals surface area contributed by atoms with Crippen LogP contribution in [0.5, 0.6) is 0 Å². The fraction of sp³-hybridized carbons (Fsp3) is 0.353. The van der Waals surface area contributed by atoms with Gasteiger partial charge in [0.1, 0.15) is 19.8 Å². The van der Waals surface area contributed by atoms with E-state index >= 15 is 0 Å². The number of hydrogen-bond donors (Lipinski definition) is 3. The molecule has 0 fully saturated rings. The molecule has 11 heteroatoms. The number of halogens is 2. The van der Waals surface area contributed by atoms with Gasteiger partial charge in [-0.2, -0.15) is 0 Å². The summed E-state index contributed by atoms with van der Waals surface area (Å²) >= 11 is 11.8. The van der Waals surface area contributed by atoms with Gasteiger partial charge in [-0.1, -0.05) is 34.4 Å². The van der Waals surface area contributed by atoms with Crippen LogP contribution in [0.3, 0.4) is 0 Å².